The van der Waals surface area contributed by atoms with E-state index in [4.69, 9.17) is 10.5 Å². The molecular formula is C35H54N6O8. The van der Waals surface area contributed by atoms with Crippen LogP contribution < -0.4 is 32.3 Å². The first-order valence-electron chi connectivity index (χ1n) is 17.2. The quantitative estimate of drug-likeness (QED) is 0.118. The van der Waals surface area contributed by atoms with Crippen LogP contribution in [-0.2, 0) is 33.5 Å². The summed E-state index contributed by atoms with van der Waals surface area (Å²) in [5.74, 6) is -4.87. The molecule has 1 unspecified atom stereocenters. The van der Waals surface area contributed by atoms with Gasteiger partial charge in [0.25, 0.3) is 5.91 Å². The summed E-state index contributed by atoms with van der Waals surface area (Å²) < 4.78 is 5.27. The minimum atomic E-state index is -1.23. The van der Waals surface area contributed by atoms with E-state index in [0.717, 1.165) is 32.1 Å². The van der Waals surface area contributed by atoms with Crippen LogP contribution in [0.3, 0.4) is 0 Å². The van der Waals surface area contributed by atoms with Gasteiger partial charge in [0.15, 0.2) is 0 Å². The van der Waals surface area contributed by atoms with Crippen LogP contribution in [0.2, 0.25) is 0 Å². The highest BCUT2D eigenvalue weighted by Crippen LogP contribution is 2.27. The lowest BCUT2D eigenvalue weighted by molar-refractivity contribution is -0.141. The van der Waals surface area contributed by atoms with Gasteiger partial charge in [0.2, 0.25) is 29.4 Å². The molecule has 272 valence electrons. The third-order valence-electron chi connectivity index (χ3n) is 8.13. The van der Waals surface area contributed by atoms with Crippen molar-refractivity contribution in [2.75, 3.05) is 13.2 Å². The number of carbonyl (C=O) groups is 7. The lowest BCUT2D eigenvalue weighted by Crippen LogP contribution is -2.58. The van der Waals surface area contributed by atoms with Gasteiger partial charge in [-0.3, -0.25) is 28.8 Å². The van der Waals surface area contributed by atoms with Crippen LogP contribution in [0, 0.1) is 17.8 Å². The van der Waals surface area contributed by atoms with E-state index in [9.17, 15) is 33.6 Å². The highest BCUT2D eigenvalue weighted by atomic mass is 16.5. The number of hydrogen-bond acceptors (Lipinski definition) is 8. The molecule has 1 aliphatic rings. The highest BCUT2D eigenvalue weighted by Gasteiger charge is 2.35. The number of hydrogen-bond donors (Lipinski definition) is 6. The van der Waals surface area contributed by atoms with Gasteiger partial charge in [-0.2, -0.15) is 0 Å². The largest absolute Gasteiger partial charge is 0.449 e. The summed E-state index contributed by atoms with van der Waals surface area (Å²) in [6.07, 6.45) is 4.42. The molecule has 1 saturated carbocycles. The van der Waals surface area contributed by atoms with Gasteiger partial charge in [-0.15, -0.1) is 0 Å². The van der Waals surface area contributed by atoms with E-state index in [-0.39, 0.29) is 37.2 Å². The van der Waals surface area contributed by atoms with Crippen LogP contribution in [0.5, 0.6) is 0 Å². The van der Waals surface area contributed by atoms with Gasteiger partial charge in [0.05, 0.1) is 19.2 Å². The van der Waals surface area contributed by atoms with Crippen molar-refractivity contribution in [1.82, 2.24) is 26.6 Å². The number of nitrogens with one attached hydrogen (secondary N) is 5. The first-order valence-corrected chi connectivity index (χ1v) is 17.2. The molecule has 0 saturated heterocycles. The number of ether oxygens (including phenoxy) is 1. The monoisotopic (exact) mass is 686 g/mol. The summed E-state index contributed by atoms with van der Waals surface area (Å²) in [5.41, 5.74) is 5.89. The van der Waals surface area contributed by atoms with Gasteiger partial charge in [0.1, 0.15) is 18.1 Å². The molecule has 1 aliphatic carbocycles. The Hall–Kier alpha value is -4.49. The van der Waals surface area contributed by atoms with Gasteiger partial charge in [0, 0.05) is 0 Å². The second-order valence-corrected chi connectivity index (χ2v) is 13.4. The van der Waals surface area contributed by atoms with Gasteiger partial charge in [-0.25, -0.2) is 4.79 Å². The van der Waals surface area contributed by atoms with E-state index in [2.05, 4.69) is 26.6 Å². The number of benzene rings is 1. The molecule has 0 aromatic heterocycles. The number of rotatable bonds is 19. The van der Waals surface area contributed by atoms with E-state index in [0.29, 0.717) is 12.0 Å². The van der Waals surface area contributed by atoms with Gasteiger partial charge in [-0.05, 0) is 49.0 Å². The Morgan fingerprint density at radius 1 is 0.816 bits per heavy atom. The van der Waals surface area contributed by atoms with Crippen LogP contribution >= 0.6 is 0 Å². The first-order chi connectivity index (χ1) is 23.2. The zero-order chi connectivity index (χ0) is 36.5. The summed E-state index contributed by atoms with van der Waals surface area (Å²) in [4.78, 5) is 90.3. The van der Waals surface area contributed by atoms with E-state index < -0.39 is 72.1 Å². The van der Waals surface area contributed by atoms with Crippen molar-refractivity contribution < 1.29 is 38.3 Å². The maximum Gasteiger partial charge on any atom is 0.407 e. The fourth-order valence-corrected chi connectivity index (χ4v) is 5.65. The normalized spacial score (nSPS) is 15.7. The molecule has 0 aliphatic heterocycles. The molecule has 4 atom stereocenters. The van der Waals surface area contributed by atoms with Crippen LogP contribution in [0.4, 0.5) is 4.79 Å². The van der Waals surface area contributed by atoms with Crippen LogP contribution in [0.15, 0.2) is 30.3 Å². The molecule has 14 heteroatoms. The number of ketones is 1. The molecule has 2 rings (SSSR count). The highest BCUT2D eigenvalue weighted by molar-refractivity contribution is 6.38. The fourth-order valence-electron chi connectivity index (χ4n) is 5.65. The van der Waals surface area contributed by atoms with Crippen molar-refractivity contribution in [3.63, 3.8) is 0 Å². The Morgan fingerprint density at radius 3 is 2.02 bits per heavy atom. The molecule has 49 heavy (non-hydrogen) atoms. The Morgan fingerprint density at radius 2 is 1.45 bits per heavy atom. The summed E-state index contributed by atoms with van der Waals surface area (Å²) in [5, 5.41) is 12.8. The van der Waals surface area contributed by atoms with E-state index in [1.54, 1.807) is 37.3 Å². The average molecular weight is 687 g/mol. The van der Waals surface area contributed by atoms with Crippen molar-refractivity contribution >= 4 is 41.4 Å². The zero-order valence-corrected chi connectivity index (χ0v) is 29.3. The zero-order valence-electron chi connectivity index (χ0n) is 29.3. The predicted molar refractivity (Wildman–Crippen MR) is 182 cm³/mol. The molecule has 1 aromatic carbocycles. The van der Waals surface area contributed by atoms with Gasteiger partial charge in [-0.1, -0.05) is 90.6 Å². The molecule has 1 aromatic rings. The third kappa shape index (κ3) is 14.3. The molecule has 0 radical (unpaired) electrons. The third-order valence-corrected chi connectivity index (χ3v) is 8.13. The second-order valence-electron chi connectivity index (χ2n) is 13.4. The van der Waals surface area contributed by atoms with E-state index in [1.807, 2.05) is 27.7 Å². The standard InChI is InChI=1S/C35H54N6O8/c1-6-13-25(30(43)34(47)37-19-27(42)40-28(31(36)44)23-14-9-7-10-15-23)38-32(45)26(18-21(2)3)39-33(46)29(24-16-11-8-12-17-24)41-35(48)49-20-22(4)5/h7,9-10,14-15,21-22,24-26,28-29H,6,8,11-13,16-20H2,1-5H3,(H2,36,44)(H,37,47)(H,38,45)(H,39,46)(H,40,42)(H,41,48)/t25?,26-,28-,29-/m0/s1. The van der Waals surface area contributed by atoms with E-state index in [1.165, 1.54) is 0 Å². The Balaban J connectivity index is 2.10. The molecule has 14 nitrogen and oxygen atoms in total. The lowest BCUT2D eigenvalue weighted by Gasteiger charge is -2.31. The van der Waals surface area contributed by atoms with Crippen molar-refractivity contribution in [3.8, 4) is 0 Å². The maximum absolute atomic E-state index is 13.7. The second kappa shape index (κ2) is 20.8. The summed E-state index contributed by atoms with van der Waals surface area (Å²) in [6, 6.07) is 3.97. The molecule has 1 fully saturated rings. The summed E-state index contributed by atoms with van der Waals surface area (Å²) in [7, 11) is 0. The van der Waals surface area contributed by atoms with Crippen LogP contribution in [0.1, 0.15) is 97.6 Å². The number of carbonyl (C=O) groups excluding carboxylic acids is 7. The number of primary amides is 1. The van der Waals surface area contributed by atoms with Crippen LogP contribution in [-0.4, -0.2) is 72.7 Å². The number of amides is 6. The van der Waals surface area contributed by atoms with Crippen molar-refractivity contribution in [2.24, 2.45) is 23.5 Å². The minimum absolute atomic E-state index is 0.0320. The maximum atomic E-state index is 13.7. The number of Topliss-reactive ketones (excluding diaryl/α,β-unsaturated/α-hetero) is 1. The molecule has 0 heterocycles. The Kier molecular flexibility index (Phi) is 17.3. The molecule has 0 bridgehead atoms. The number of nitrogens with two attached hydrogens (primary N) is 1. The molecule has 7 N–H and O–H groups in total. The smallest absolute Gasteiger partial charge is 0.407 e. The minimum Gasteiger partial charge on any atom is -0.449 e. The lowest BCUT2D eigenvalue weighted by atomic mass is 9.83. The van der Waals surface area contributed by atoms with Gasteiger partial charge < -0.3 is 37.1 Å². The average Bonchev–Trinajstić information content (AvgIpc) is 3.07. The van der Waals surface area contributed by atoms with E-state index >= 15 is 0 Å². The Labute approximate surface area is 288 Å². The predicted octanol–water partition coefficient (Wildman–Crippen LogP) is 2.16. The van der Waals surface area contributed by atoms with Crippen molar-refractivity contribution in [3.05, 3.63) is 35.9 Å². The number of alkyl carbamates (subject to hydrolysis) is 1. The Bertz CT molecular complexity index is 1280. The summed E-state index contributed by atoms with van der Waals surface area (Å²) in [6.45, 7) is 8.90. The molecule has 6 amide bonds. The topological polar surface area (TPSA) is 215 Å². The molecular weight excluding hydrogens is 632 g/mol. The fraction of sp³-hybridized carbons (Fsp3) is 0.629. The first kappa shape index (κ1) is 40.7. The van der Waals surface area contributed by atoms with Crippen LogP contribution in [0.25, 0.3) is 0 Å². The van der Waals surface area contributed by atoms with Crippen molar-refractivity contribution in [2.45, 2.75) is 110 Å². The SMILES string of the molecule is CCCC(NC(=O)[C@H](CC(C)C)NC(=O)[C@@H](NC(=O)OCC(C)C)C1CCCCC1)C(=O)C(=O)NCC(=O)N[C@H](C(N)=O)c1ccccc1. The van der Waals surface area contributed by atoms with Crippen molar-refractivity contribution in [1.29, 1.82) is 0 Å². The summed E-state index contributed by atoms with van der Waals surface area (Å²) >= 11 is 0. The van der Waals surface area contributed by atoms with Gasteiger partial charge >= 0.3 is 6.09 Å². The molecule has 0 spiro atoms.